The summed E-state index contributed by atoms with van der Waals surface area (Å²) in [5.41, 5.74) is 12.9. The van der Waals surface area contributed by atoms with E-state index in [1.54, 1.807) is 11.3 Å². The molecule has 106 valence electrons. The third-order valence-corrected chi connectivity index (χ3v) is 4.98. The quantitative estimate of drug-likeness (QED) is 0.688. The van der Waals surface area contributed by atoms with E-state index in [0.717, 1.165) is 32.3 Å². The second-order valence-electron chi connectivity index (χ2n) is 5.60. The molecule has 21 heavy (non-hydrogen) atoms. The van der Waals surface area contributed by atoms with Crippen molar-refractivity contribution in [3.05, 3.63) is 46.5 Å². The van der Waals surface area contributed by atoms with Gasteiger partial charge in [0.25, 0.3) is 0 Å². The van der Waals surface area contributed by atoms with Gasteiger partial charge in [-0.3, -0.25) is 0 Å². The second-order valence-corrected chi connectivity index (χ2v) is 6.84. The number of rotatable bonds is 2. The molecule has 0 bridgehead atoms. The lowest BCUT2D eigenvalue weighted by Gasteiger charge is -2.11. The third-order valence-electron chi connectivity index (χ3n) is 4.04. The van der Waals surface area contributed by atoms with Gasteiger partial charge in [-0.25, -0.2) is 4.98 Å². The number of hydrogen-bond acceptors (Lipinski definition) is 4. The summed E-state index contributed by atoms with van der Waals surface area (Å²) in [4.78, 5) is 4.54. The second kappa shape index (κ2) is 4.74. The van der Waals surface area contributed by atoms with Crippen molar-refractivity contribution in [2.75, 3.05) is 11.1 Å². The molecule has 2 aromatic carbocycles. The molecule has 0 saturated carbocycles. The van der Waals surface area contributed by atoms with Crippen LogP contribution in [0.1, 0.15) is 22.6 Å². The van der Waals surface area contributed by atoms with Crippen LogP contribution in [-0.2, 0) is 12.8 Å². The topological polar surface area (TPSA) is 50.9 Å². The average Bonchev–Trinajstić information content (AvgIpc) is 3.04. The van der Waals surface area contributed by atoms with Crippen LogP contribution in [0.15, 0.2) is 30.3 Å². The Hall–Kier alpha value is -2.07. The van der Waals surface area contributed by atoms with Gasteiger partial charge in [-0.2, -0.15) is 0 Å². The number of anilines is 3. The minimum atomic E-state index is 0.770. The molecular formula is C17H17N3S. The zero-order valence-corrected chi connectivity index (χ0v) is 12.8. The van der Waals surface area contributed by atoms with E-state index in [-0.39, 0.29) is 0 Å². The smallest absolute Gasteiger partial charge is 0.0907 e. The van der Waals surface area contributed by atoms with E-state index in [2.05, 4.69) is 28.5 Å². The van der Waals surface area contributed by atoms with Crippen LogP contribution in [0.4, 0.5) is 17.1 Å². The third kappa shape index (κ3) is 2.25. The highest BCUT2D eigenvalue weighted by atomic mass is 32.1. The van der Waals surface area contributed by atoms with Gasteiger partial charge in [-0.05, 0) is 61.6 Å². The normalized spacial score (nSPS) is 13.6. The predicted octanol–water partition coefficient (Wildman–Crippen LogP) is 4.42. The highest BCUT2D eigenvalue weighted by molar-refractivity contribution is 7.18. The lowest BCUT2D eigenvalue weighted by atomic mass is 10.1. The Balaban J connectivity index is 1.71. The summed E-state index contributed by atoms with van der Waals surface area (Å²) in [7, 11) is 0. The minimum absolute atomic E-state index is 0.770. The van der Waals surface area contributed by atoms with Crippen LogP contribution in [0.5, 0.6) is 0 Å². The molecule has 4 rings (SSSR count). The van der Waals surface area contributed by atoms with Crippen molar-refractivity contribution >= 4 is 38.6 Å². The summed E-state index contributed by atoms with van der Waals surface area (Å²) in [5.74, 6) is 0. The molecule has 0 radical (unpaired) electrons. The van der Waals surface area contributed by atoms with Gasteiger partial charge in [-0.15, -0.1) is 11.3 Å². The SMILES string of the molecule is Cc1nc2cc(Nc3ccc4c(c3)CCC4)c(N)cc2s1. The zero-order chi connectivity index (χ0) is 14.4. The standard InChI is InChI=1S/C17H17N3S/c1-10-19-16-9-15(14(18)8-17(16)21-10)20-13-6-5-11-3-2-4-12(11)7-13/h5-9,20H,2-4,18H2,1H3. The monoisotopic (exact) mass is 295 g/mol. The summed E-state index contributed by atoms with van der Waals surface area (Å²) < 4.78 is 1.14. The first kappa shape index (κ1) is 12.7. The molecule has 3 nitrogen and oxygen atoms in total. The molecule has 1 aromatic heterocycles. The van der Waals surface area contributed by atoms with Gasteiger partial charge in [0.05, 0.1) is 26.6 Å². The Kier molecular flexibility index (Phi) is 2.86. The Morgan fingerprint density at radius 1 is 1.14 bits per heavy atom. The van der Waals surface area contributed by atoms with Gasteiger partial charge in [0.1, 0.15) is 0 Å². The molecule has 0 amide bonds. The number of nitrogens with two attached hydrogens (primary N) is 1. The van der Waals surface area contributed by atoms with Gasteiger partial charge < -0.3 is 11.1 Å². The van der Waals surface area contributed by atoms with Gasteiger partial charge in [0.15, 0.2) is 0 Å². The lowest BCUT2D eigenvalue weighted by Crippen LogP contribution is -1.97. The fourth-order valence-electron chi connectivity index (χ4n) is 3.02. The predicted molar refractivity (Wildman–Crippen MR) is 90.5 cm³/mol. The minimum Gasteiger partial charge on any atom is -0.397 e. The van der Waals surface area contributed by atoms with Gasteiger partial charge in [0.2, 0.25) is 0 Å². The molecule has 0 fully saturated rings. The van der Waals surface area contributed by atoms with E-state index >= 15 is 0 Å². The van der Waals surface area contributed by atoms with Crippen LogP contribution < -0.4 is 11.1 Å². The molecule has 1 aliphatic carbocycles. The number of aromatic nitrogens is 1. The van der Waals surface area contributed by atoms with Gasteiger partial charge >= 0.3 is 0 Å². The zero-order valence-electron chi connectivity index (χ0n) is 11.9. The van der Waals surface area contributed by atoms with Crippen LogP contribution in [0.3, 0.4) is 0 Å². The van der Waals surface area contributed by atoms with E-state index in [9.17, 15) is 0 Å². The number of thiazole rings is 1. The van der Waals surface area contributed by atoms with E-state index in [1.807, 2.05) is 19.1 Å². The van der Waals surface area contributed by atoms with Crippen LogP contribution >= 0.6 is 11.3 Å². The Morgan fingerprint density at radius 2 is 2.00 bits per heavy atom. The lowest BCUT2D eigenvalue weighted by molar-refractivity contribution is 0.912. The molecule has 0 unspecified atom stereocenters. The molecule has 1 heterocycles. The summed E-state index contributed by atoms with van der Waals surface area (Å²) in [6.45, 7) is 2.02. The van der Waals surface area contributed by atoms with E-state index < -0.39 is 0 Å². The number of benzene rings is 2. The molecule has 4 heteroatoms. The maximum absolute atomic E-state index is 6.17. The molecular weight excluding hydrogens is 278 g/mol. The molecule has 0 aliphatic heterocycles. The Morgan fingerprint density at radius 3 is 2.90 bits per heavy atom. The van der Waals surface area contributed by atoms with Crippen LogP contribution in [0, 0.1) is 6.92 Å². The largest absolute Gasteiger partial charge is 0.397 e. The number of nitrogen functional groups attached to an aromatic ring is 1. The maximum atomic E-state index is 6.17. The molecule has 0 saturated heterocycles. The van der Waals surface area contributed by atoms with Crippen LogP contribution in [0.25, 0.3) is 10.2 Å². The van der Waals surface area contributed by atoms with Gasteiger partial charge in [0, 0.05) is 5.69 Å². The Labute approximate surface area is 127 Å². The molecule has 0 atom stereocenters. The number of hydrogen-bond donors (Lipinski definition) is 2. The van der Waals surface area contributed by atoms with Crippen molar-refractivity contribution in [2.45, 2.75) is 26.2 Å². The first-order valence-electron chi connectivity index (χ1n) is 7.24. The molecule has 1 aliphatic rings. The number of nitrogens with one attached hydrogen (secondary N) is 1. The van der Waals surface area contributed by atoms with E-state index in [4.69, 9.17) is 5.73 Å². The molecule has 3 N–H and O–H groups in total. The van der Waals surface area contributed by atoms with Crippen molar-refractivity contribution < 1.29 is 0 Å². The molecule has 0 spiro atoms. The van der Waals surface area contributed by atoms with Crippen molar-refractivity contribution in [3.63, 3.8) is 0 Å². The van der Waals surface area contributed by atoms with Crippen LogP contribution in [0.2, 0.25) is 0 Å². The number of aryl methyl sites for hydroxylation is 3. The van der Waals surface area contributed by atoms with Crippen molar-refractivity contribution in [1.82, 2.24) is 4.98 Å². The first-order valence-corrected chi connectivity index (χ1v) is 8.06. The molecule has 3 aromatic rings. The summed E-state index contributed by atoms with van der Waals surface area (Å²) in [6, 6.07) is 10.7. The summed E-state index contributed by atoms with van der Waals surface area (Å²) >= 11 is 1.68. The van der Waals surface area contributed by atoms with Crippen molar-refractivity contribution in [1.29, 1.82) is 0 Å². The van der Waals surface area contributed by atoms with E-state index in [0.29, 0.717) is 0 Å². The first-order chi connectivity index (χ1) is 10.2. The van der Waals surface area contributed by atoms with Crippen molar-refractivity contribution in [2.24, 2.45) is 0 Å². The fourth-order valence-corrected chi connectivity index (χ4v) is 3.88. The highest BCUT2D eigenvalue weighted by Crippen LogP contribution is 2.33. The average molecular weight is 295 g/mol. The van der Waals surface area contributed by atoms with Gasteiger partial charge in [-0.1, -0.05) is 6.07 Å². The number of nitrogens with zero attached hydrogens (tertiary/aromatic N) is 1. The Bertz CT molecular complexity index is 835. The van der Waals surface area contributed by atoms with Crippen molar-refractivity contribution in [3.8, 4) is 0 Å². The fraction of sp³-hybridized carbons (Fsp3) is 0.235. The maximum Gasteiger partial charge on any atom is 0.0907 e. The summed E-state index contributed by atoms with van der Waals surface area (Å²) in [6.07, 6.45) is 3.66. The number of fused-ring (bicyclic) bond motifs is 2. The van der Waals surface area contributed by atoms with E-state index in [1.165, 1.54) is 30.4 Å². The highest BCUT2D eigenvalue weighted by Gasteiger charge is 2.12. The summed E-state index contributed by atoms with van der Waals surface area (Å²) in [5, 5.41) is 4.51. The van der Waals surface area contributed by atoms with Crippen LogP contribution in [-0.4, -0.2) is 4.98 Å².